The number of nitrogens with zero attached hydrogens (tertiary/aromatic N) is 2. The molecule has 96 valence electrons. The molecule has 2 heterocycles. The monoisotopic (exact) mass is 281 g/mol. The molecule has 0 radical (unpaired) electrons. The first-order valence-electron chi connectivity index (χ1n) is 5.97. The molecular formula is C13H16ClN3S. The summed E-state index contributed by atoms with van der Waals surface area (Å²) in [5.41, 5.74) is 3.23. The average molecular weight is 282 g/mol. The third-order valence-corrected chi connectivity index (χ3v) is 4.11. The molecule has 2 rings (SSSR count). The van der Waals surface area contributed by atoms with Crippen LogP contribution in [0.4, 0.5) is 5.82 Å². The van der Waals surface area contributed by atoms with Gasteiger partial charge in [0, 0.05) is 6.54 Å². The van der Waals surface area contributed by atoms with Crippen molar-refractivity contribution < 1.29 is 0 Å². The van der Waals surface area contributed by atoms with E-state index >= 15 is 0 Å². The van der Waals surface area contributed by atoms with Crippen molar-refractivity contribution in [3.8, 4) is 10.6 Å². The van der Waals surface area contributed by atoms with Crippen molar-refractivity contribution in [2.24, 2.45) is 0 Å². The van der Waals surface area contributed by atoms with Crippen LogP contribution < -0.4 is 5.32 Å². The molecule has 2 aromatic rings. The molecular weight excluding hydrogens is 266 g/mol. The Labute approximate surface area is 116 Å². The van der Waals surface area contributed by atoms with Crippen LogP contribution in [-0.4, -0.2) is 16.7 Å². The molecule has 0 saturated carbocycles. The summed E-state index contributed by atoms with van der Waals surface area (Å²) in [5.74, 6) is 0.876. The van der Waals surface area contributed by atoms with E-state index in [1.165, 1.54) is 11.3 Å². The maximum atomic E-state index is 5.96. The van der Waals surface area contributed by atoms with Gasteiger partial charge < -0.3 is 5.32 Å². The summed E-state index contributed by atoms with van der Waals surface area (Å²) in [6.45, 7) is 7.19. The molecule has 0 bridgehead atoms. The van der Waals surface area contributed by atoms with Crippen molar-refractivity contribution in [1.82, 2.24) is 10.2 Å². The standard InChI is InChI=1S/C13H16ClN3S/c1-4-7-15-13-9(3)8(2)12(16-17-13)10-5-6-11(14)18-10/h5-6H,4,7H2,1-3H3,(H,15,17). The summed E-state index contributed by atoms with van der Waals surface area (Å²) < 4.78 is 0.775. The lowest BCUT2D eigenvalue weighted by Gasteiger charge is -2.11. The molecule has 5 heteroatoms. The van der Waals surface area contributed by atoms with Crippen molar-refractivity contribution in [2.45, 2.75) is 27.2 Å². The molecule has 0 aromatic carbocycles. The van der Waals surface area contributed by atoms with Gasteiger partial charge in [0.05, 0.1) is 9.21 Å². The van der Waals surface area contributed by atoms with Gasteiger partial charge in [-0.2, -0.15) is 0 Å². The molecule has 0 unspecified atom stereocenters. The topological polar surface area (TPSA) is 37.8 Å². The van der Waals surface area contributed by atoms with E-state index in [1.807, 2.05) is 12.1 Å². The van der Waals surface area contributed by atoms with Crippen LogP contribution in [0.15, 0.2) is 12.1 Å². The predicted octanol–water partition coefficient (Wildman–Crippen LogP) is 4.30. The Hall–Kier alpha value is -1.13. The fourth-order valence-corrected chi connectivity index (χ4v) is 2.78. The second kappa shape index (κ2) is 5.67. The smallest absolute Gasteiger partial charge is 0.151 e. The number of thiophene rings is 1. The van der Waals surface area contributed by atoms with Gasteiger partial charge in [0.1, 0.15) is 5.69 Å². The molecule has 0 fully saturated rings. The normalized spacial score (nSPS) is 10.7. The second-order valence-electron chi connectivity index (χ2n) is 4.18. The van der Waals surface area contributed by atoms with Crippen molar-refractivity contribution >= 4 is 28.8 Å². The lowest BCUT2D eigenvalue weighted by Crippen LogP contribution is -2.07. The van der Waals surface area contributed by atoms with E-state index in [0.717, 1.165) is 44.8 Å². The van der Waals surface area contributed by atoms with E-state index in [0.29, 0.717) is 0 Å². The van der Waals surface area contributed by atoms with Gasteiger partial charge in [-0.1, -0.05) is 18.5 Å². The number of anilines is 1. The van der Waals surface area contributed by atoms with Crippen LogP contribution in [-0.2, 0) is 0 Å². The fraction of sp³-hybridized carbons (Fsp3) is 0.385. The van der Waals surface area contributed by atoms with Crippen molar-refractivity contribution in [1.29, 1.82) is 0 Å². The first kappa shape index (κ1) is 13.3. The Morgan fingerprint density at radius 3 is 2.61 bits per heavy atom. The highest BCUT2D eigenvalue weighted by molar-refractivity contribution is 7.19. The Morgan fingerprint density at radius 1 is 1.22 bits per heavy atom. The highest BCUT2D eigenvalue weighted by Gasteiger charge is 2.12. The summed E-state index contributed by atoms with van der Waals surface area (Å²) in [7, 11) is 0. The molecule has 0 aliphatic heterocycles. The molecule has 0 aliphatic rings. The number of hydrogen-bond donors (Lipinski definition) is 1. The zero-order valence-electron chi connectivity index (χ0n) is 10.7. The van der Waals surface area contributed by atoms with Gasteiger partial charge in [-0.15, -0.1) is 21.5 Å². The van der Waals surface area contributed by atoms with Gasteiger partial charge in [-0.05, 0) is 43.5 Å². The van der Waals surface area contributed by atoms with Crippen LogP contribution >= 0.6 is 22.9 Å². The highest BCUT2D eigenvalue weighted by atomic mass is 35.5. The summed E-state index contributed by atoms with van der Waals surface area (Å²) in [4.78, 5) is 1.06. The zero-order chi connectivity index (χ0) is 13.1. The van der Waals surface area contributed by atoms with Crippen LogP contribution in [0.25, 0.3) is 10.6 Å². The van der Waals surface area contributed by atoms with Gasteiger partial charge in [-0.3, -0.25) is 0 Å². The number of hydrogen-bond acceptors (Lipinski definition) is 4. The lowest BCUT2D eigenvalue weighted by molar-refractivity contribution is 0.933. The third-order valence-electron chi connectivity index (χ3n) is 2.87. The van der Waals surface area contributed by atoms with Crippen LogP contribution in [0.1, 0.15) is 24.5 Å². The van der Waals surface area contributed by atoms with E-state index in [4.69, 9.17) is 11.6 Å². The van der Waals surface area contributed by atoms with Crippen LogP contribution in [0.3, 0.4) is 0 Å². The minimum absolute atomic E-state index is 0.775. The van der Waals surface area contributed by atoms with Gasteiger partial charge in [-0.25, -0.2) is 0 Å². The fourth-order valence-electron chi connectivity index (χ4n) is 1.69. The lowest BCUT2D eigenvalue weighted by atomic mass is 10.1. The first-order chi connectivity index (χ1) is 8.63. The summed E-state index contributed by atoms with van der Waals surface area (Å²) in [5, 5.41) is 11.9. The van der Waals surface area contributed by atoms with Gasteiger partial charge in [0.25, 0.3) is 0 Å². The van der Waals surface area contributed by atoms with E-state index in [-0.39, 0.29) is 0 Å². The second-order valence-corrected chi connectivity index (χ2v) is 5.89. The average Bonchev–Trinajstić information content (AvgIpc) is 2.78. The molecule has 0 aliphatic carbocycles. The van der Waals surface area contributed by atoms with E-state index in [2.05, 4.69) is 36.3 Å². The van der Waals surface area contributed by atoms with E-state index in [9.17, 15) is 0 Å². The molecule has 0 saturated heterocycles. The molecule has 3 nitrogen and oxygen atoms in total. The van der Waals surface area contributed by atoms with E-state index in [1.54, 1.807) is 0 Å². The quantitative estimate of drug-likeness (QED) is 0.908. The maximum absolute atomic E-state index is 5.96. The van der Waals surface area contributed by atoms with E-state index < -0.39 is 0 Å². The first-order valence-corrected chi connectivity index (χ1v) is 7.16. The SMILES string of the molecule is CCCNc1nnc(-c2ccc(Cl)s2)c(C)c1C. The molecule has 2 aromatic heterocycles. The zero-order valence-corrected chi connectivity index (χ0v) is 12.3. The van der Waals surface area contributed by atoms with Crippen LogP contribution in [0.2, 0.25) is 4.34 Å². The number of nitrogens with one attached hydrogen (secondary N) is 1. The largest absolute Gasteiger partial charge is 0.368 e. The van der Waals surface area contributed by atoms with Crippen molar-refractivity contribution in [2.75, 3.05) is 11.9 Å². The molecule has 18 heavy (non-hydrogen) atoms. The van der Waals surface area contributed by atoms with Gasteiger partial charge >= 0.3 is 0 Å². The number of rotatable bonds is 4. The van der Waals surface area contributed by atoms with Crippen molar-refractivity contribution in [3.63, 3.8) is 0 Å². The van der Waals surface area contributed by atoms with Crippen molar-refractivity contribution in [3.05, 3.63) is 27.6 Å². The summed E-state index contributed by atoms with van der Waals surface area (Å²) in [6, 6.07) is 3.88. The Balaban J connectivity index is 2.37. The minimum atomic E-state index is 0.775. The molecule has 1 N–H and O–H groups in total. The Morgan fingerprint density at radius 2 is 2.00 bits per heavy atom. The third kappa shape index (κ3) is 2.65. The van der Waals surface area contributed by atoms with Gasteiger partial charge in [0.2, 0.25) is 0 Å². The summed E-state index contributed by atoms with van der Waals surface area (Å²) in [6.07, 6.45) is 1.07. The molecule has 0 amide bonds. The number of aromatic nitrogens is 2. The predicted molar refractivity (Wildman–Crippen MR) is 78.6 cm³/mol. The minimum Gasteiger partial charge on any atom is -0.368 e. The summed E-state index contributed by atoms with van der Waals surface area (Å²) >= 11 is 7.49. The van der Waals surface area contributed by atoms with Crippen LogP contribution in [0, 0.1) is 13.8 Å². The number of halogens is 1. The van der Waals surface area contributed by atoms with Crippen LogP contribution in [0.5, 0.6) is 0 Å². The highest BCUT2D eigenvalue weighted by Crippen LogP contribution is 2.33. The maximum Gasteiger partial charge on any atom is 0.151 e. The Kier molecular flexibility index (Phi) is 4.19. The Bertz CT molecular complexity index is 551. The molecule has 0 spiro atoms. The van der Waals surface area contributed by atoms with Gasteiger partial charge in [0.15, 0.2) is 5.82 Å². The molecule has 0 atom stereocenters.